The molecule has 1 N–H and O–H groups in total. The summed E-state index contributed by atoms with van der Waals surface area (Å²) in [5.74, 6) is 0.875. The molecule has 25 heavy (non-hydrogen) atoms. The van der Waals surface area contributed by atoms with Gasteiger partial charge < -0.3 is 14.8 Å². The first-order chi connectivity index (χ1) is 12.3. The Bertz CT molecular complexity index is 814. The minimum atomic E-state index is 0.0998. The van der Waals surface area contributed by atoms with Gasteiger partial charge in [0.05, 0.1) is 32.1 Å². The van der Waals surface area contributed by atoms with Crippen LogP contribution in [0.25, 0.3) is 11.3 Å². The molecule has 6 nitrogen and oxygen atoms in total. The van der Waals surface area contributed by atoms with Crippen LogP contribution in [0.4, 0.5) is 0 Å². The Hall–Kier alpha value is -2.22. The number of benzene rings is 1. The minimum absolute atomic E-state index is 0.0998. The fourth-order valence-electron chi connectivity index (χ4n) is 2.93. The van der Waals surface area contributed by atoms with Crippen molar-refractivity contribution in [3.8, 4) is 17.0 Å². The highest BCUT2D eigenvalue weighted by atomic mass is 32.1. The van der Waals surface area contributed by atoms with Gasteiger partial charge in [-0.3, -0.25) is 0 Å². The van der Waals surface area contributed by atoms with Crippen LogP contribution in [0.1, 0.15) is 11.3 Å². The molecule has 4 rings (SSSR count). The van der Waals surface area contributed by atoms with Crippen molar-refractivity contribution < 1.29 is 9.47 Å². The lowest BCUT2D eigenvalue weighted by Gasteiger charge is -2.24. The normalized spacial score (nSPS) is 16.6. The summed E-state index contributed by atoms with van der Waals surface area (Å²) in [6, 6.07) is 10.1. The number of aromatic nitrogens is 3. The molecule has 0 saturated heterocycles. The van der Waals surface area contributed by atoms with Crippen molar-refractivity contribution in [1.82, 2.24) is 20.3 Å². The molecule has 1 atom stereocenters. The lowest BCUT2D eigenvalue weighted by Crippen LogP contribution is -2.36. The van der Waals surface area contributed by atoms with Crippen LogP contribution in [0.2, 0.25) is 0 Å². The van der Waals surface area contributed by atoms with Gasteiger partial charge in [-0.25, -0.2) is 4.68 Å². The Balaban J connectivity index is 1.32. The SMILES string of the molecule is COc1ccc(CNCC2Cn3nnc(-c4ccsc4)c3CO2)cc1. The number of fused-ring (bicyclic) bond motifs is 1. The van der Waals surface area contributed by atoms with Crippen LogP contribution in [-0.2, 0) is 24.4 Å². The maximum atomic E-state index is 6.00. The molecule has 1 aliphatic rings. The molecular weight excluding hydrogens is 336 g/mol. The van der Waals surface area contributed by atoms with E-state index in [1.165, 1.54) is 5.56 Å². The molecule has 1 aliphatic heterocycles. The van der Waals surface area contributed by atoms with E-state index in [1.807, 2.05) is 16.8 Å². The Morgan fingerprint density at radius 1 is 1.32 bits per heavy atom. The summed E-state index contributed by atoms with van der Waals surface area (Å²) in [7, 11) is 1.68. The zero-order chi connectivity index (χ0) is 17.1. The predicted octanol–water partition coefficient (Wildman–Crippen LogP) is 2.70. The fourth-order valence-corrected chi connectivity index (χ4v) is 3.57. The van der Waals surface area contributed by atoms with E-state index < -0.39 is 0 Å². The first kappa shape index (κ1) is 16.3. The van der Waals surface area contributed by atoms with Crippen LogP contribution in [0.3, 0.4) is 0 Å². The van der Waals surface area contributed by atoms with Gasteiger partial charge in [0.15, 0.2) is 0 Å². The summed E-state index contributed by atoms with van der Waals surface area (Å²) in [5.41, 5.74) is 4.33. The van der Waals surface area contributed by atoms with Gasteiger partial charge in [-0.15, -0.1) is 5.10 Å². The summed E-state index contributed by atoms with van der Waals surface area (Å²) >= 11 is 1.66. The summed E-state index contributed by atoms with van der Waals surface area (Å²) in [5, 5.41) is 16.2. The van der Waals surface area contributed by atoms with E-state index in [0.29, 0.717) is 6.61 Å². The minimum Gasteiger partial charge on any atom is -0.497 e. The number of rotatable bonds is 6. The number of nitrogens with zero attached hydrogens (tertiary/aromatic N) is 3. The first-order valence-electron chi connectivity index (χ1n) is 8.23. The third-order valence-corrected chi connectivity index (χ3v) is 5.01. The fraction of sp³-hybridized carbons (Fsp3) is 0.333. The van der Waals surface area contributed by atoms with Crippen molar-refractivity contribution in [2.45, 2.75) is 25.8 Å². The van der Waals surface area contributed by atoms with E-state index >= 15 is 0 Å². The van der Waals surface area contributed by atoms with E-state index in [9.17, 15) is 0 Å². The topological polar surface area (TPSA) is 61.2 Å². The third kappa shape index (κ3) is 3.58. The van der Waals surface area contributed by atoms with Crippen LogP contribution in [0.5, 0.6) is 5.75 Å². The van der Waals surface area contributed by atoms with Gasteiger partial charge in [0.2, 0.25) is 0 Å². The number of ether oxygens (including phenoxy) is 2. The zero-order valence-corrected chi connectivity index (χ0v) is 14.8. The molecule has 1 aromatic carbocycles. The summed E-state index contributed by atoms with van der Waals surface area (Å²) in [6.07, 6.45) is 0.0998. The highest BCUT2D eigenvalue weighted by Crippen LogP contribution is 2.26. The number of hydrogen-bond acceptors (Lipinski definition) is 6. The van der Waals surface area contributed by atoms with Crippen molar-refractivity contribution in [2.75, 3.05) is 13.7 Å². The molecular formula is C18H20N4O2S. The van der Waals surface area contributed by atoms with Gasteiger partial charge in [0, 0.05) is 24.0 Å². The predicted molar refractivity (Wildman–Crippen MR) is 96.6 cm³/mol. The van der Waals surface area contributed by atoms with Gasteiger partial charge in [-0.2, -0.15) is 11.3 Å². The van der Waals surface area contributed by atoms with Gasteiger partial charge in [-0.05, 0) is 29.1 Å². The molecule has 1 unspecified atom stereocenters. The molecule has 0 spiro atoms. The molecule has 0 saturated carbocycles. The van der Waals surface area contributed by atoms with Gasteiger partial charge in [-0.1, -0.05) is 17.3 Å². The molecule has 3 aromatic rings. The van der Waals surface area contributed by atoms with E-state index in [1.54, 1.807) is 18.4 Å². The van der Waals surface area contributed by atoms with Crippen LogP contribution < -0.4 is 10.1 Å². The summed E-state index contributed by atoms with van der Waals surface area (Å²) in [4.78, 5) is 0. The second kappa shape index (κ2) is 7.35. The maximum Gasteiger partial charge on any atom is 0.119 e. The highest BCUT2D eigenvalue weighted by molar-refractivity contribution is 7.08. The molecule has 0 fully saturated rings. The molecule has 0 aliphatic carbocycles. The van der Waals surface area contributed by atoms with Gasteiger partial charge in [0.1, 0.15) is 11.4 Å². The Labute approximate surface area is 150 Å². The van der Waals surface area contributed by atoms with Crippen LogP contribution in [0.15, 0.2) is 41.1 Å². The summed E-state index contributed by atoms with van der Waals surface area (Å²) in [6.45, 7) is 2.85. The number of thiophene rings is 1. The van der Waals surface area contributed by atoms with E-state index in [4.69, 9.17) is 9.47 Å². The summed E-state index contributed by atoms with van der Waals surface area (Å²) < 4.78 is 13.1. The number of nitrogens with one attached hydrogen (secondary N) is 1. The molecule has 7 heteroatoms. The largest absolute Gasteiger partial charge is 0.497 e. The average molecular weight is 356 g/mol. The van der Waals surface area contributed by atoms with Gasteiger partial charge in [0.25, 0.3) is 0 Å². The second-order valence-corrected chi connectivity index (χ2v) is 6.77. The highest BCUT2D eigenvalue weighted by Gasteiger charge is 2.24. The van der Waals surface area contributed by atoms with Crippen LogP contribution in [0, 0.1) is 0 Å². The maximum absolute atomic E-state index is 6.00. The molecule has 130 valence electrons. The van der Waals surface area contributed by atoms with Crippen molar-refractivity contribution in [3.63, 3.8) is 0 Å². The van der Waals surface area contributed by atoms with Crippen molar-refractivity contribution in [1.29, 1.82) is 0 Å². The lowest BCUT2D eigenvalue weighted by molar-refractivity contribution is 0.00125. The third-order valence-electron chi connectivity index (χ3n) is 4.32. The number of methoxy groups -OCH3 is 1. The van der Waals surface area contributed by atoms with E-state index in [2.05, 4.69) is 44.6 Å². The van der Waals surface area contributed by atoms with E-state index in [-0.39, 0.29) is 6.10 Å². The standard InChI is InChI=1S/C18H20N4O2S/c1-23-15-4-2-13(3-5-15)8-19-9-16-10-22-17(11-24-16)18(20-21-22)14-6-7-25-12-14/h2-7,12,16,19H,8-11H2,1H3. The number of hydrogen-bond donors (Lipinski definition) is 1. The molecule has 3 heterocycles. The molecule has 0 amide bonds. The van der Waals surface area contributed by atoms with Gasteiger partial charge >= 0.3 is 0 Å². The Kier molecular flexibility index (Phi) is 4.78. The quantitative estimate of drug-likeness (QED) is 0.736. The average Bonchev–Trinajstić information content (AvgIpc) is 3.31. The smallest absolute Gasteiger partial charge is 0.119 e. The first-order valence-corrected chi connectivity index (χ1v) is 9.18. The molecule has 0 bridgehead atoms. The van der Waals surface area contributed by atoms with Crippen molar-refractivity contribution >= 4 is 11.3 Å². The Morgan fingerprint density at radius 2 is 2.20 bits per heavy atom. The van der Waals surface area contributed by atoms with Crippen LogP contribution in [-0.4, -0.2) is 34.8 Å². The van der Waals surface area contributed by atoms with E-state index in [0.717, 1.165) is 42.3 Å². The van der Waals surface area contributed by atoms with Crippen molar-refractivity contribution in [3.05, 3.63) is 52.3 Å². The lowest BCUT2D eigenvalue weighted by atomic mass is 10.2. The van der Waals surface area contributed by atoms with Crippen molar-refractivity contribution in [2.24, 2.45) is 0 Å². The molecule has 0 radical (unpaired) electrons. The second-order valence-electron chi connectivity index (χ2n) is 5.99. The van der Waals surface area contributed by atoms with Crippen LogP contribution >= 0.6 is 11.3 Å². The zero-order valence-electron chi connectivity index (χ0n) is 14.0. The Morgan fingerprint density at radius 3 is 2.96 bits per heavy atom. The monoisotopic (exact) mass is 356 g/mol. The molecule has 2 aromatic heterocycles.